The molecule has 0 spiro atoms. The van der Waals surface area contributed by atoms with E-state index in [9.17, 15) is 14.7 Å². The number of amides is 3. The molecule has 6 heteroatoms. The molecule has 0 aliphatic carbocycles. The molecular weight excluding hydrogens is 306 g/mol. The van der Waals surface area contributed by atoms with Crippen LogP contribution in [0.2, 0.25) is 0 Å². The largest absolute Gasteiger partial charge is 0.508 e. The number of benzene rings is 2. The van der Waals surface area contributed by atoms with Gasteiger partial charge >= 0.3 is 6.03 Å². The highest BCUT2D eigenvalue weighted by atomic mass is 16.3. The Morgan fingerprint density at radius 1 is 1.08 bits per heavy atom. The van der Waals surface area contributed by atoms with Crippen LogP contribution in [0.25, 0.3) is 5.70 Å². The first-order valence-corrected chi connectivity index (χ1v) is 7.46. The van der Waals surface area contributed by atoms with Crippen LogP contribution in [0.4, 0.5) is 4.79 Å². The summed E-state index contributed by atoms with van der Waals surface area (Å²) in [7, 11) is 0. The fourth-order valence-electron chi connectivity index (χ4n) is 2.62. The van der Waals surface area contributed by atoms with Gasteiger partial charge in [0, 0.05) is 12.7 Å². The van der Waals surface area contributed by atoms with Crippen molar-refractivity contribution in [1.82, 2.24) is 9.80 Å². The van der Waals surface area contributed by atoms with Crippen molar-refractivity contribution in [2.75, 3.05) is 6.54 Å². The summed E-state index contributed by atoms with van der Waals surface area (Å²) >= 11 is 0. The van der Waals surface area contributed by atoms with Gasteiger partial charge < -0.3 is 15.7 Å². The summed E-state index contributed by atoms with van der Waals surface area (Å²) < 4.78 is 0. The molecule has 0 fully saturated rings. The highest BCUT2D eigenvalue weighted by molar-refractivity contribution is 5.99. The van der Waals surface area contributed by atoms with E-state index in [2.05, 4.69) is 0 Å². The molecule has 2 aromatic rings. The molecule has 0 saturated carbocycles. The Labute approximate surface area is 139 Å². The van der Waals surface area contributed by atoms with Crippen molar-refractivity contribution in [2.24, 2.45) is 5.73 Å². The number of nitrogens with two attached hydrogens (primary N) is 1. The number of carbonyl (C=O) groups excluding carboxylic acids is 2. The van der Waals surface area contributed by atoms with Crippen LogP contribution in [0, 0.1) is 0 Å². The number of imide groups is 1. The van der Waals surface area contributed by atoms with E-state index >= 15 is 0 Å². The summed E-state index contributed by atoms with van der Waals surface area (Å²) in [4.78, 5) is 26.4. The summed E-state index contributed by atoms with van der Waals surface area (Å²) in [6.45, 7) is 0.566. The second kappa shape index (κ2) is 6.45. The third-order valence-corrected chi connectivity index (χ3v) is 3.80. The molecule has 0 atom stereocenters. The van der Waals surface area contributed by atoms with Gasteiger partial charge in [0.2, 0.25) is 0 Å². The number of hydrogen-bond acceptors (Lipinski definition) is 4. The Balaban J connectivity index is 1.99. The molecule has 0 aromatic heterocycles. The molecule has 24 heavy (non-hydrogen) atoms. The van der Waals surface area contributed by atoms with Crippen LogP contribution in [-0.4, -0.2) is 33.4 Å². The third-order valence-electron chi connectivity index (χ3n) is 3.80. The average Bonchev–Trinajstić information content (AvgIpc) is 2.57. The lowest BCUT2D eigenvalue weighted by Crippen LogP contribution is -2.46. The van der Waals surface area contributed by atoms with Crippen molar-refractivity contribution in [3.05, 3.63) is 71.9 Å². The van der Waals surface area contributed by atoms with E-state index in [1.165, 1.54) is 6.20 Å². The Morgan fingerprint density at radius 3 is 2.38 bits per heavy atom. The minimum atomic E-state index is -0.810. The maximum absolute atomic E-state index is 12.2. The Bertz CT molecular complexity index is 785. The van der Waals surface area contributed by atoms with Gasteiger partial charge in [-0.15, -0.1) is 0 Å². The molecular formula is C18H17N3O3. The summed E-state index contributed by atoms with van der Waals surface area (Å²) in [6.07, 6.45) is 1.45. The van der Waals surface area contributed by atoms with Crippen LogP contribution in [0.5, 0.6) is 5.75 Å². The molecule has 2 aromatic carbocycles. The lowest BCUT2D eigenvalue weighted by atomic mass is 10.1. The number of rotatable bonds is 3. The molecule has 1 aliphatic rings. The number of carbonyl (C=O) groups is 2. The van der Waals surface area contributed by atoms with E-state index in [4.69, 9.17) is 5.73 Å². The van der Waals surface area contributed by atoms with E-state index in [1.54, 1.807) is 24.3 Å². The second-order valence-corrected chi connectivity index (χ2v) is 5.50. The number of phenols is 1. The number of nitrogens with zero attached hydrogens (tertiary/aromatic N) is 2. The van der Waals surface area contributed by atoms with E-state index in [0.29, 0.717) is 12.2 Å². The first kappa shape index (κ1) is 15.6. The van der Waals surface area contributed by atoms with Crippen molar-refractivity contribution in [2.45, 2.75) is 6.54 Å². The van der Waals surface area contributed by atoms with Gasteiger partial charge in [0.25, 0.3) is 5.91 Å². The zero-order chi connectivity index (χ0) is 17.1. The van der Waals surface area contributed by atoms with Gasteiger partial charge in [-0.05, 0) is 35.4 Å². The first-order chi connectivity index (χ1) is 11.5. The van der Waals surface area contributed by atoms with Gasteiger partial charge in [-0.1, -0.05) is 30.3 Å². The van der Waals surface area contributed by atoms with E-state index in [-0.39, 0.29) is 18.2 Å². The predicted octanol–water partition coefficient (Wildman–Crippen LogP) is 2.11. The second-order valence-electron chi connectivity index (χ2n) is 5.50. The molecule has 0 unspecified atom stereocenters. The van der Waals surface area contributed by atoms with Gasteiger partial charge in [-0.2, -0.15) is 0 Å². The van der Waals surface area contributed by atoms with E-state index < -0.39 is 6.03 Å². The summed E-state index contributed by atoms with van der Waals surface area (Å²) in [5, 5.41) is 9.47. The topological polar surface area (TPSA) is 86.9 Å². The van der Waals surface area contributed by atoms with Crippen molar-refractivity contribution < 1.29 is 14.7 Å². The third kappa shape index (κ3) is 3.22. The van der Waals surface area contributed by atoms with Crippen LogP contribution in [-0.2, 0) is 11.3 Å². The highest BCUT2D eigenvalue weighted by Gasteiger charge is 2.28. The van der Waals surface area contributed by atoms with Gasteiger partial charge in [0.15, 0.2) is 0 Å². The smallest absolute Gasteiger partial charge is 0.325 e. The molecule has 0 saturated heterocycles. The molecule has 1 aliphatic heterocycles. The predicted molar refractivity (Wildman–Crippen MR) is 89.4 cm³/mol. The maximum Gasteiger partial charge on any atom is 0.325 e. The Hall–Kier alpha value is -3.28. The van der Waals surface area contributed by atoms with Gasteiger partial charge in [0.05, 0.1) is 12.2 Å². The zero-order valence-electron chi connectivity index (χ0n) is 12.9. The SMILES string of the molecule is NC(=O)N1C=C(c2ccc(O)cc2)N(Cc2ccccc2)CC1=O. The number of primary amides is 1. The van der Waals surface area contributed by atoms with Crippen molar-refractivity contribution >= 4 is 17.6 Å². The number of hydrogen-bond donors (Lipinski definition) is 2. The Kier molecular flexibility index (Phi) is 4.20. The lowest BCUT2D eigenvalue weighted by Gasteiger charge is -2.33. The standard InChI is InChI=1S/C18H17N3O3/c19-18(24)21-11-16(14-6-8-15(22)9-7-14)20(12-17(21)23)10-13-4-2-1-3-5-13/h1-9,11,22H,10,12H2,(H2,19,24). The number of phenolic OH excluding ortho intramolecular Hbond substituents is 1. The van der Waals surface area contributed by atoms with Crippen LogP contribution in [0.1, 0.15) is 11.1 Å². The van der Waals surface area contributed by atoms with Crippen LogP contribution >= 0.6 is 0 Å². The van der Waals surface area contributed by atoms with Crippen molar-refractivity contribution in [1.29, 1.82) is 0 Å². The highest BCUT2D eigenvalue weighted by Crippen LogP contribution is 2.27. The lowest BCUT2D eigenvalue weighted by molar-refractivity contribution is -0.127. The Morgan fingerprint density at radius 2 is 1.75 bits per heavy atom. The molecule has 0 radical (unpaired) electrons. The fraction of sp³-hybridized carbons (Fsp3) is 0.111. The quantitative estimate of drug-likeness (QED) is 0.906. The van der Waals surface area contributed by atoms with Crippen molar-refractivity contribution in [3.8, 4) is 5.75 Å². The van der Waals surface area contributed by atoms with E-state index in [0.717, 1.165) is 16.0 Å². The molecule has 122 valence electrons. The summed E-state index contributed by atoms with van der Waals surface area (Å²) in [5.74, 6) is -0.228. The maximum atomic E-state index is 12.2. The van der Waals surface area contributed by atoms with Crippen LogP contribution in [0.3, 0.4) is 0 Å². The monoisotopic (exact) mass is 323 g/mol. The van der Waals surface area contributed by atoms with Gasteiger partial charge in [0.1, 0.15) is 5.75 Å². The number of urea groups is 1. The van der Waals surface area contributed by atoms with Gasteiger partial charge in [-0.3, -0.25) is 4.79 Å². The summed E-state index contributed by atoms with van der Waals surface area (Å²) in [6, 6.07) is 15.5. The molecule has 3 amide bonds. The van der Waals surface area contributed by atoms with Crippen LogP contribution < -0.4 is 5.73 Å². The average molecular weight is 323 g/mol. The first-order valence-electron chi connectivity index (χ1n) is 7.46. The molecule has 6 nitrogen and oxygen atoms in total. The van der Waals surface area contributed by atoms with Crippen molar-refractivity contribution in [3.63, 3.8) is 0 Å². The molecule has 1 heterocycles. The summed E-state index contributed by atoms with van der Waals surface area (Å²) in [5.41, 5.74) is 7.80. The minimum absolute atomic E-state index is 0.0462. The molecule has 3 N–H and O–H groups in total. The fourth-order valence-corrected chi connectivity index (χ4v) is 2.62. The normalized spacial score (nSPS) is 14.5. The molecule has 0 bridgehead atoms. The zero-order valence-corrected chi connectivity index (χ0v) is 12.9. The van der Waals surface area contributed by atoms with E-state index in [1.807, 2.05) is 35.2 Å². The van der Waals surface area contributed by atoms with Crippen LogP contribution in [0.15, 0.2) is 60.8 Å². The van der Waals surface area contributed by atoms with Gasteiger partial charge in [-0.25, -0.2) is 9.69 Å². The molecule has 3 rings (SSSR count). The number of aromatic hydroxyl groups is 1. The minimum Gasteiger partial charge on any atom is -0.508 e.